The fraction of sp³-hybridized carbons (Fsp3) is 0. The van der Waals surface area contributed by atoms with Crippen LogP contribution in [0.1, 0.15) is 0 Å². The SMILES string of the molecule is Nn1c2ccc(-n3c4ccccc4c4ccccc43)cc2c2c3ccccc3ccc21. The van der Waals surface area contributed by atoms with E-state index in [1.165, 1.54) is 43.4 Å². The van der Waals surface area contributed by atoms with Gasteiger partial charge in [-0.3, -0.25) is 4.68 Å². The average molecular weight is 397 g/mol. The second kappa shape index (κ2) is 5.89. The van der Waals surface area contributed by atoms with Crippen molar-refractivity contribution in [1.29, 1.82) is 0 Å². The largest absolute Gasteiger partial charge is 0.339 e. The van der Waals surface area contributed by atoms with Gasteiger partial charge in [-0.15, -0.1) is 0 Å². The molecule has 0 saturated heterocycles. The molecular formula is C28H19N3. The van der Waals surface area contributed by atoms with Crippen LogP contribution in [0.15, 0.2) is 103 Å². The Hall–Kier alpha value is -4.24. The Labute approximate surface area is 178 Å². The maximum absolute atomic E-state index is 6.53. The van der Waals surface area contributed by atoms with Crippen molar-refractivity contribution in [3.63, 3.8) is 0 Å². The monoisotopic (exact) mass is 397 g/mol. The van der Waals surface area contributed by atoms with Crippen molar-refractivity contribution in [3.8, 4) is 5.69 Å². The molecule has 0 aliphatic rings. The van der Waals surface area contributed by atoms with E-state index in [1.807, 2.05) is 4.68 Å². The van der Waals surface area contributed by atoms with Crippen LogP contribution in [-0.4, -0.2) is 9.24 Å². The highest BCUT2D eigenvalue weighted by molar-refractivity contribution is 6.21. The van der Waals surface area contributed by atoms with Crippen LogP contribution in [0.4, 0.5) is 0 Å². The molecular weight excluding hydrogens is 378 g/mol. The van der Waals surface area contributed by atoms with E-state index in [-0.39, 0.29) is 0 Å². The topological polar surface area (TPSA) is 35.9 Å². The van der Waals surface area contributed by atoms with Crippen molar-refractivity contribution in [2.45, 2.75) is 0 Å². The maximum Gasteiger partial charge on any atom is 0.0710 e. The van der Waals surface area contributed by atoms with E-state index in [0.29, 0.717) is 0 Å². The van der Waals surface area contributed by atoms with Crippen LogP contribution in [0, 0.1) is 0 Å². The van der Waals surface area contributed by atoms with E-state index >= 15 is 0 Å². The Morgan fingerprint density at radius 1 is 0.484 bits per heavy atom. The third-order valence-electron chi connectivity index (χ3n) is 6.51. The van der Waals surface area contributed by atoms with E-state index in [4.69, 9.17) is 5.84 Å². The molecule has 2 aromatic heterocycles. The predicted molar refractivity (Wildman–Crippen MR) is 131 cm³/mol. The van der Waals surface area contributed by atoms with Gasteiger partial charge in [0.05, 0.1) is 22.1 Å². The van der Waals surface area contributed by atoms with Crippen molar-refractivity contribution in [2.24, 2.45) is 0 Å². The number of benzene rings is 5. The Balaban J connectivity index is 1.65. The van der Waals surface area contributed by atoms with Crippen molar-refractivity contribution >= 4 is 54.4 Å². The summed E-state index contributed by atoms with van der Waals surface area (Å²) < 4.78 is 4.17. The summed E-state index contributed by atoms with van der Waals surface area (Å²) in [4.78, 5) is 0. The highest BCUT2D eigenvalue weighted by Crippen LogP contribution is 2.37. The van der Waals surface area contributed by atoms with Gasteiger partial charge in [0.25, 0.3) is 0 Å². The van der Waals surface area contributed by atoms with E-state index in [0.717, 1.165) is 16.7 Å². The van der Waals surface area contributed by atoms with Crippen molar-refractivity contribution in [3.05, 3.63) is 103 Å². The fourth-order valence-corrected chi connectivity index (χ4v) is 5.15. The molecule has 2 heterocycles. The molecule has 7 aromatic rings. The number of rotatable bonds is 1. The number of aromatic nitrogens is 2. The number of para-hydroxylation sites is 2. The lowest BCUT2D eigenvalue weighted by Gasteiger charge is -2.08. The molecule has 2 N–H and O–H groups in total. The fourth-order valence-electron chi connectivity index (χ4n) is 5.15. The van der Waals surface area contributed by atoms with Crippen molar-refractivity contribution < 1.29 is 0 Å². The normalized spacial score (nSPS) is 12.0. The number of nitrogens with two attached hydrogens (primary N) is 1. The number of hydrogen-bond acceptors (Lipinski definition) is 1. The summed E-state index contributed by atoms with van der Waals surface area (Å²) in [5.74, 6) is 6.53. The minimum absolute atomic E-state index is 1.04. The van der Waals surface area contributed by atoms with Gasteiger partial charge in [-0.2, -0.15) is 0 Å². The summed E-state index contributed by atoms with van der Waals surface area (Å²) in [7, 11) is 0. The molecule has 0 aliphatic heterocycles. The smallest absolute Gasteiger partial charge is 0.0710 e. The van der Waals surface area contributed by atoms with E-state index in [2.05, 4.69) is 108 Å². The highest BCUT2D eigenvalue weighted by atomic mass is 15.3. The molecule has 0 spiro atoms. The molecule has 0 amide bonds. The summed E-state index contributed by atoms with van der Waals surface area (Å²) in [5, 5.41) is 7.38. The van der Waals surface area contributed by atoms with Crippen molar-refractivity contribution in [2.75, 3.05) is 5.84 Å². The molecule has 7 rings (SSSR count). The minimum Gasteiger partial charge on any atom is -0.339 e. The van der Waals surface area contributed by atoms with Crippen LogP contribution in [0.2, 0.25) is 0 Å². The average Bonchev–Trinajstić information content (AvgIpc) is 3.31. The second-order valence-corrected chi connectivity index (χ2v) is 8.12. The number of hydrogen-bond donors (Lipinski definition) is 1. The third kappa shape index (κ3) is 2.12. The first kappa shape index (κ1) is 16.5. The van der Waals surface area contributed by atoms with Gasteiger partial charge < -0.3 is 10.4 Å². The van der Waals surface area contributed by atoms with Crippen LogP contribution in [0.5, 0.6) is 0 Å². The minimum atomic E-state index is 1.04. The molecule has 0 aliphatic carbocycles. The number of nitrogen functional groups attached to an aromatic ring is 1. The van der Waals surface area contributed by atoms with Crippen LogP contribution in [-0.2, 0) is 0 Å². The molecule has 0 atom stereocenters. The molecule has 0 radical (unpaired) electrons. The number of fused-ring (bicyclic) bond motifs is 8. The summed E-state index contributed by atoms with van der Waals surface area (Å²) >= 11 is 0. The molecule has 0 unspecified atom stereocenters. The van der Waals surface area contributed by atoms with Gasteiger partial charge >= 0.3 is 0 Å². The van der Waals surface area contributed by atoms with Crippen LogP contribution < -0.4 is 5.84 Å². The Morgan fingerprint density at radius 2 is 1.10 bits per heavy atom. The first-order valence-corrected chi connectivity index (χ1v) is 10.5. The van der Waals surface area contributed by atoms with Gasteiger partial charge in [0.1, 0.15) is 0 Å². The maximum atomic E-state index is 6.53. The lowest BCUT2D eigenvalue weighted by atomic mass is 10.0. The molecule has 31 heavy (non-hydrogen) atoms. The molecule has 0 bridgehead atoms. The molecule has 0 fully saturated rings. The first-order valence-electron chi connectivity index (χ1n) is 10.5. The van der Waals surface area contributed by atoms with Crippen LogP contribution >= 0.6 is 0 Å². The van der Waals surface area contributed by atoms with E-state index in [1.54, 1.807) is 0 Å². The summed E-state index contributed by atoms with van der Waals surface area (Å²) in [6.45, 7) is 0. The Kier molecular flexibility index (Phi) is 3.15. The third-order valence-corrected chi connectivity index (χ3v) is 6.51. The van der Waals surface area contributed by atoms with E-state index < -0.39 is 0 Å². The highest BCUT2D eigenvalue weighted by Gasteiger charge is 2.15. The quantitative estimate of drug-likeness (QED) is 0.305. The van der Waals surface area contributed by atoms with Gasteiger partial charge in [-0.25, -0.2) is 0 Å². The van der Waals surface area contributed by atoms with Crippen LogP contribution in [0.25, 0.3) is 60.1 Å². The van der Waals surface area contributed by atoms with E-state index in [9.17, 15) is 0 Å². The van der Waals surface area contributed by atoms with Gasteiger partial charge in [-0.1, -0.05) is 66.7 Å². The Bertz CT molecular complexity index is 1750. The number of nitrogens with zero attached hydrogens (tertiary/aromatic N) is 2. The molecule has 3 heteroatoms. The predicted octanol–water partition coefficient (Wildman–Crippen LogP) is 6.76. The molecule has 146 valence electrons. The lowest BCUT2D eigenvalue weighted by molar-refractivity contribution is 1.12. The van der Waals surface area contributed by atoms with Crippen LogP contribution in [0.3, 0.4) is 0 Å². The standard InChI is InChI=1S/C28H19N3/c29-31-26-16-14-19(17-23(26)28-20-8-2-1-7-18(20)13-15-27(28)31)30-24-11-5-3-9-21(24)22-10-4-6-12-25(22)30/h1-17H,29H2. The zero-order valence-corrected chi connectivity index (χ0v) is 16.8. The molecule has 5 aromatic carbocycles. The van der Waals surface area contributed by atoms with Gasteiger partial charge in [0, 0.05) is 27.2 Å². The van der Waals surface area contributed by atoms with Crippen molar-refractivity contribution in [1.82, 2.24) is 9.24 Å². The Morgan fingerprint density at radius 3 is 1.84 bits per heavy atom. The van der Waals surface area contributed by atoms with Gasteiger partial charge in [-0.05, 0) is 47.2 Å². The molecule has 3 nitrogen and oxygen atoms in total. The first-order chi connectivity index (χ1) is 15.3. The second-order valence-electron chi connectivity index (χ2n) is 8.12. The summed E-state index contributed by atoms with van der Waals surface area (Å²) in [5.41, 5.74) is 5.66. The van der Waals surface area contributed by atoms with Gasteiger partial charge in [0.2, 0.25) is 0 Å². The zero-order valence-electron chi connectivity index (χ0n) is 16.8. The molecule has 0 saturated carbocycles. The zero-order chi connectivity index (χ0) is 20.5. The summed E-state index contributed by atoms with van der Waals surface area (Å²) in [6.07, 6.45) is 0. The summed E-state index contributed by atoms with van der Waals surface area (Å²) in [6, 6.07) is 36.6. The lowest BCUT2D eigenvalue weighted by Crippen LogP contribution is -2.06. The van der Waals surface area contributed by atoms with Gasteiger partial charge in [0.15, 0.2) is 0 Å².